The fourth-order valence-electron chi connectivity index (χ4n) is 3.75. The summed E-state index contributed by atoms with van der Waals surface area (Å²) in [6.07, 6.45) is 4.01. The Morgan fingerprint density at radius 1 is 0.833 bits per heavy atom. The highest BCUT2D eigenvalue weighted by molar-refractivity contribution is 5.76. The van der Waals surface area contributed by atoms with Crippen LogP contribution in [-0.4, -0.2) is 63.3 Å². The number of unbranched alkanes of at least 4 members (excludes halogenated alkanes) is 4. The molecule has 0 radical (unpaired) electrons. The number of hydrogen-bond donors (Lipinski definition) is 1. The normalized spacial score (nSPS) is 12.3. The molecular weight excluding hydrogens is 546 g/mol. The zero-order valence-corrected chi connectivity index (χ0v) is 26.0. The van der Waals surface area contributed by atoms with E-state index in [-0.39, 0.29) is 43.6 Å². The zero-order valence-electron chi connectivity index (χ0n) is 26.0. The van der Waals surface area contributed by atoms with E-state index in [1.807, 2.05) is 27.7 Å². The number of carbonyl (C=O) groups excluding carboxylic acids is 4. The lowest BCUT2D eigenvalue weighted by molar-refractivity contribution is -0.148. The van der Waals surface area contributed by atoms with Crippen molar-refractivity contribution in [1.29, 1.82) is 0 Å². The Balaban J connectivity index is 2.97. The van der Waals surface area contributed by atoms with Crippen molar-refractivity contribution in [1.82, 2.24) is 5.32 Å². The van der Waals surface area contributed by atoms with Gasteiger partial charge in [-0.05, 0) is 56.2 Å². The van der Waals surface area contributed by atoms with Crippen molar-refractivity contribution in [2.24, 2.45) is 5.92 Å². The highest BCUT2D eigenvalue weighted by Crippen LogP contribution is 2.30. The molecule has 0 saturated heterocycles. The van der Waals surface area contributed by atoms with Gasteiger partial charge in [0.15, 0.2) is 11.5 Å². The van der Waals surface area contributed by atoms with E-state index in [0.717, 1.165) is 32.1 Å². The lowest BCUT2D eigenvalue weighted by Gasteiger charge is -2.20. The number of rotatable bonds is 20. The molecule has 0 saturated carbocycles. The van der Waals surface area contributed by atoms with Gasteiger partial charge in [-0.1, -0.05) is 59.4 Å². The quantitative estimate of drug-likeness (QED) is 0.0806. The van der Waals surface area contributed by atoms with Gasteiger partial charge in [-0.3, -0.25) is 9.59 Å². The monoisotopic (exact) mass is 595 g/mol. The van der Waals surface area contributed by atoms with Crippen LogP contribution in [0.1, 0.15) is 91.5 Å². The molecule has 42 heavy (non-hydrogen) atoms. The largest absolute Gasteiger partial charge is 0.513 e. The molecule has 0 fully saturated rings. The fraction of sp³-hybridized carbons (Fsp3) is 0.677. The van der Waals surface area contributed by atoms with Gasteiger partial charge in [0.1, 0.15) is 12.1 Å². The van der Waals surface area contributed by atoms with Crippen LogP contribution in [0.3, 0.4) is 0 Å². The van der Waals surface area contributed by atoms with E-state index in [2.05, 4.69) is 5.32 Å². The van der Waals surface area contributed by atoms with Crippen molar-refractivity contribution >= 4 is 24.2 Å². The number of esters is 2. The third kappa shape index (κ3) is 16.2. The van der Waals surface area contributed by atoms with Crippen LogP contribution in [0.5, 0.6) is 11.5 Å². The molecule has 1 rings (SSSR count). The molecular formula is C31H49NO10. The fourth-order valence-corrected chi connectivity index (χ4v) is 3.75. The Hall–Kier alpha value is -3.34. The number of benzene rings is 1. The Labute approximate surface area is 249 Å². The van der Waals surface area contributed by atoms with E-state index in [1.165, 1.54) is 19.2 Å². The molecule has 0 aliphatic rings. The number of methoxy groups -OCH3 is 1. The van der Waals surface area contributed by atoms with Gasteiger partial charge < -0.3 is 33.7 Å². The molecule has 1 aromatic rings. The van der Waals surface area contributed by atoms with Crippen LogP contribution < -0.4 is 14.8 Å². The van der Waals surface area contributed by atoms with E-state index in [9.17, 15) is 19.2 Å². The molecule has 1 aromatic carbocycles. The SMILES string of the molecule is CCCCCOC(=O)Oc1ccc(C[C@H](NCC(C)OC(=O)CCC(C)C)C(=O)OC)cc1OC(=O)OCCCCC. The van der Waals surface area contributed by atoms with Crippen molar-refractivity contribution in [3.05, 3.63) is 23.8 Å². The summed E-state index contributed by atoms with van der Waals surface area (Å²) in [6.45, 7) is 10.5. The van der Waals surface area contributed by atoms with Crippen LogP contribution in [0, 0.1) is 5.92 Å². The van der Waals surface area contributed by atoms with Gasteiger partial charge in [0.25, 0.3) is 0 Å². The molecule has 1 unspecified atom stereocenters. The Morgan fingerprint density at radius 3 is 1.98 bits per heavy atom. The van der Waals surface area contributed by atoms with Crippen molar-refractivity contribution in [2.45, 2.75) is 105 Å². The Morgan fingerprint density at radius 2 is 1.43 bits per heavy atom. The third-order valence-electron chi connectivity index (χ3n) is 6.17. The summed E-state index contributed by atoms with van der Waals surface area (Å²) in [7, 11) is 1.28. The van der Waals surface area contributed by atoms with Crippen molar-refractivity contribution in [3.63, 3.8) is 0 Å². The minimum Gasteiger partial charge on any atom is -0.468 e. The van der Waals surface area contributed by atoms with Gasteiger partial charge in [-0.2, -0.15) is 0 Å². The number of hydrogen-bond acceptors (Lipinski definition) is 11. The maximum absolute atomic E-state index is 12.5. The number of ether oxygens (including phenoxy) is 6. The van der Waals surface area contributed by atoms with Gasteiger partial charge in [0.2, 0.25) is 0 Å². The molecule has 0 amide bonds. The van der Waals surface area contributed by atoms with Gasteiger partial charge in [-0.25, -0.2) is 9.59 Å². The predicted molar refractivity (Wildman–Crippen MR) is 157 cm³/mol. The molecule has 11 nitrogen and oxygen atoms in total. The summed E-state index contributed by atoms with van der Waals surface area (Å²) in [4.78, 5) is 49.2. The minimum absolute atomic E-state index is 0.0331. The molecule has 0 spiro atoms. The molecule has 11 heteroatoms. The molecule has 238 valence electrons. The first-order valence-electron chi connectivity index (χ1n) is 14.9. The number of carbonyl (C=O) groups is 4. The van der Waals surface area contributed by atoms with Gasteiger partial charge in [-0.15, -0.1) is 0 Å². The lowest BCUT2D eigenvalue weighted by atomic mass is 10.0. The van der Waals surface area contributed by atoms with E-state index in [4.69, 9.17) is 28.4 Å². The summed E-state index contributed by atoms with van der Waals surface area (Å²) in [5, 5.41) is 3.08. The summed E-state index contributed by atoms with van der Waals surface area (Å²) in [5.74, 6) is -0.527. The average Bonchev–Trinajstić information content (AvgIpc) is 2.95. The van der Waals surface area contributed by atoms with E-state index in [1.54, 1.807) is 13.0 Å². The molecule has 0 aliphatic heterocycles. The highest BCUT2D eigenvalue weighted by Gasteiger charge is 2.23. The second-order valence-corrected chi connectivity index (χ2v) is 10.5. The second kappa shape index (κ2) is 21.4. The zero-order chi connectivity index (χ0) is 31.3. The number of nitrogens with one attached hydrogen (secondary N) is 1. The van der Waals surface area contributed by atoms with E-state index >= 15 is 0 Å². The first-order valence-corrected chi connectivity index (χ1v) is 14.9. The Kier molecular flexibility index (Phi) is 18.7. The van der Waals surface area contributed by atoms with E-state index < -0.39 is 30.4 Å². The predicted octanol–water partition coefficient (Wildman–Crippen LogP) is 6.14. The van der Waals surface area contributed by atoms with Crippen LogP contribution in [0.25, 0.3) is 0 Å². The summed E-state index contributed by atoms with van der Waals surface area (Å²) in [6, 6.07) is 3.78. The van der Waals surface area contributed by atoms with Crippen LogP contribution >= 0.6 is 0 Å². The molecule has 1 N–H and O–H groups in total. The topological polar surface area (TPSA) is 136 Å². The van der Waals surface area contributed by atoms with Gasteiger partial charge in [0, 0.05) is 13.0 Å². The second-order valence-electron chi connectivity index (χ2n) is 10.5. The summed E-state index contributed by atoms with van der Waals surface area (Å²) < 4.78 is 31.3. The van der Waals surface area contributed by atoms with Crippen LogP contribution in [0.4, 0.5) is 9.59 Å². The van der Waals surface area contributed by atoms with Gasteiger partial charge >= 0.3 is 24.2 Å². The summed E-state index contributed by atoms with van der Waals surface area (Å²) >= 11 is 0. The average molecular weight is 596 g/mol. The van der Waals surface area contributed by atoms with Crippen molar-refractivity contribution in [2.75, 3.05) is 26.9 Å². The minimum atomic E-state index is -0.944. The Bertz CT molecular complexity index is 965. The van der Waals surface area contributed by atoms with Crippen LogP contribution in [-0.2, 0) is 35.0 Å². The van der Waals surface area contributed by atoms with E-state index in [0.29, 0.717) is 30.7 Å². The molecule has 2 atom stereocenters. The molecule has 0 aromatic heterocycles. The van der Waals surface area contributed by atoms with Crippen LogP contribution in [0.15, 0.2) is 18.2 Å². The first kappa shape index (κ1) is 36.7. The highest BCUT2D eigenvalue weighted by atomic mass is 16.7. The molecule has 0 bridgehead atoms. The maximum atomic E-state index is 12.5. The first-order chi connectivity index (χ1) is 20.1. The molecule has 0 aliphatic carbocycles. The van der Waals surface area contributed by atoms with Crippen molar-refractivity contribution < 1.29 is 47.6 Å². The summed E-state index contributed by atoms with van der Waals surface area (Å²) in [5.41, 5.74) is 0.580. The van der Waals surface area contributed by atoms with Crippen molar-refractivity contribution in [3.8, 4) is 11.5 Å². The maximum Gasteiger partial charge on any atom is 0.513 e. The third-order valence-corrected chi connectivity index (χ3v) is 6.17. The lowest BCUT2D eigenvalue weighted by Crippen LogP contribution is -2.43. The van der Waals surface area contributed by atoms with Gasteiger partial charge in [0.05, 0.1) is 20.3 Å². The molecule has 0 heterocycles. The standard InChI is InChI=1S/C31H49NO10/c1-7-9-11-17-38-30(35)41-26-15-14-24(20-27(26)42-31(36)39-18-12-10-8-2)19-25(29(34)37-6)32-21-23(5)40-28(33)16-13-22(3)4/h14-15,20,22-23,25,32H,7-13,16-19,21H2,1-6H3/t23?,25-/m0/s1. The smallest absolute Gasteiger partial charge is 0.468 e. The van der Waals surface area contributed by atoms with Crippen LogP contribution in [0.2, 0.25) is 0 Å².